The van der Waals surface area contributed by atoms with Gasteiger partial charge in [0.2, 0.25) is 0 Å². The first-order valence-electron chi connectivity index (χ1n) is 9.78. The molecule has 3 aromatic carbocycles. The summed E-state index contributed by atoms with van der Waals surface area (Å²) in [7, 11) is 0. The Bertz CT molecular complexity index is 1430. The minimum Gasteiger partial charge on any atom is -0.406 e. The third-order valence-electron chi connectivity index (χ3n) is 5.34. The van der Waals surface area contributed by atoms with Crippen molar-refractivity contribution in [2.24, 2.45) is 0 Å². The van der Waals surface area contributed by atoms with Crippen molar-refractivity contribution in [3.05, 3.63) is 101 Å². The van der Waals surface area contributed by atoms with Gasteiger partial charge >= 0.3 is 0 Å². The SMILES string of the molecule is CC(On1ccc2ncc(-c3ccc4ccccc4c3)cc21)c1c(Cl)ccc(F)c1Cl. The average Bonchev–Trinajstić information content (AvgIpc) is 3.18. The number of rotatable bonds is 4. The van der Waals surface area contributed by atoms with Gasteiger partial charge in [-0.2, -0.15) is 4.73 Å². The number of hydrogen-bond acceptors (Lipinski definition) is 2. The van der Waals surface area contributed by atoms with E-state index in [0.29, 0.717) is 10.6 Å². The van der Waals surface area contributed by atoms with Crippen molar-refractivity contribution < 1.29 is 9.23 Å². The topological polar surface area (TPSA) is 27.1 Å². The summed E-state index contributed by atoms with van der Waals surface area (Å²) in [6.07, 6.45) is 3.05. The first kappa shape index (κ1) is 19.9. The maximum atomic E-state index is 13.9. The highest BCUT2D eigenvalue weighted by Gasteiger charge is 2.20. The highest BCUT2D eigenvalue weighted by molar-refractivity contribution is 6.36. The fraction of sp³-hybridized carbons (Fsp3) is 0.0800. The molecule has 0 aliphatic rings. The van der Waals surface area contributed by atoms with Crippen LogP contribution in [-0.2, 0) is 0 Å². The molecule has 5 rings (SSSR count). The van der Waals surface area contributed by atoms with E-state index < -0.39 is 11.9 Å². The summed E-state index contributed by atoms with van der Waals surface area (Å²) in [4.78, 5) is 10.6. The van der Waals surface area contributed by atoms with Gasteiger partial charge in [-0.25, -0.2) is 4.39 Å². The zero-order valence-corrected chi connectivity index (χ0v) is 18.0. The lowest BCUT2D eigenvalue weighted by molar-refractivity contribution is 0.0562. The molecule has 0 saturated carbocycles. The molecular weight excluding hydrogens is 434 g/mol. The number of hydrogen-bond donors (Lipinski definition) is 0. The number of aromatic nitrogens is 2. The Morgan fingerprint density at radius 1 is 0.935 bits per heavy atom. The van der Waals surface area contributed by atoms with Crippen molar-refractivity contribution in [2.45, 2.75) is 13.0 Å². The monoisotopic (exact) mass is 450 g/mol. The molecule has 1 atom stereocenters. The molecule has 5 aromatic rings. The van der Waals surface area contributed by atoms with Gasteiger partial charge in [0.15, 0.2) is 6.10 Å². The number of halogens is 3. The van der Waals surface area contributed by atoms with Crippen LogP contribution in [0, 0.1) is 5.82 Å². The molecule has 154 valence electrons. The molecule has 0 amide bonds. The molecule has 0 aliphatic heterocycles. The predicted molar refractivity (Wildman–Crippen MR) is 124 cm³/mol. The van der Waals surface area contributed by atoms with Crippen LogP contribution in [0.15, 0.2) is 79.1 Å². The quantitative estimate of drug-likeness (QED) is 0.265. The lowest BCUT2D eigenvalue weighted by atomic mass is 10.0. The van der Waals surface area contributed by atoms with Gasteiger partial charge in [0.25, 0.3) is 0 Å². The van der Waals surface area contributed by atoms with Crippen molar-refractivity contribution in [1.82, 2.24) is 9.71 Å². The van der Waals surface area contributed by atoms with E-state index in [-0.39, 0.29) is 5.02 Å². The summed E-state index contributed by atoms with van der Waals surface area (Å²) >= 11 is 12.4. The van der Waals surface area contributed by atoms with E-state index >= 15 is 0 Å². The molecule has 0 spiro atoms. The molecule has 0 aliphatic carbocycles. The lowest BCUT2D eigenvalue weighted by Crippen LogP contribution is -2.16. The Hall–Kier alpha value is -3.08. The number of nitrogens with zero attached hydrogens (tertiary/aromatic N) is 2. The largest absolute Gasteiger partial charge is 0.406 e. The summed E-state index contributed by atoms with van der Waals surface area (Å²) in [5.74, 6) is -0.533. The predicted octanol–water partition coefficient (Wildman–Crippen LogP) is 7.49. The second-order valence-electron chi connectivity index (χ2n) is 7.34. The molecule has 0 fully saturated rings. The van der Waals surface area contributed by atoms with Gasteiger partial charge in [-0.3, -0.25) is 4.98 Å². The average molecular weight is 451 g/mol. The maximum Gasteiger partial charge on any atom is 0.150 e. The van der Waals surface area contributed by atoms with Crippen LogP contribution >= 0.6 is 23.2 Å². The first-order valence-corrected chi connectivity index (χ1v) is 10.5. The van der Waals surface area contributed by atoms with Crippen LogP contribution in [0.25, 0.3) is 32.9 Å². The standard InChI is InChI=1S/C25H17Cl2FN2O/c1-15(24-20(26)8-9-21(28)25(24)27)31-30-11-10-22-23(30)13-19(14-29-22)18-7-6-16-4-2-3-5-17(16)12-18/h2-15H,1H3. The van der Waals surface area contributed by atoms with E-state index in [4.69, 9.17) is 28.0 Å². The van der Waals surface area contributed by atoms with Crippen LogP contribution in [0.4, 0.5) is 4.39 Å². The van der Waals surface area contributed by atoms with E-state index in [1.807, 2.05) is 30.5 Å². The normalized spacial score (nSPS) is 12.4. The Morgan fingerprint density at radius 2 is 1.74 bits per heavy atom. The molecule has 0 saturated heterocycles. The van der Waals surface area contributed by atoms with Crippen molar-refractivity contribution in [3.63, 3.8) is 0 Å². The molecular formula is C25H17Cl2FN2O. The molecule has 1 unspecified atom stereocenters. The highest BCUT2D eigenvalue weighted by Crippen LogP contribution is 2.34. The second-order valence-corrected chi connectivity index (χ2v) is 8.12. The zero-order chi connectivity index (χ0) is 21.5. The van der Waals surface area contributed by atoms with Crippen LogP contribution in [0.1, 0.15) is 18.6 Å². The summed E-state index contributed by atoms with van der Waals surface area (Å²) in [5.41, 5.74) is 4.01. The van der Waals surface area contributed by atoms with Gasteiger partial charge < -0.3 is 4.84 Å². The molecule has 2 aromatic heterocycles. The molecule has 0 N–H and O–H groups in total. The van der Waals surface area contributed by atoms with E-state index in [1.54, 1.807) is 17.9 Å². The molecule has 3 nitrogen and oxygen atoms in total. The Morgan fingerprint density at radius 3 is 2.58 bits per heavy atom. The van der Waals surface area contributed by atoms with Crippen molar-refractivity contribution in [2.75, 3.05) is 0 Å². The van der Waals surface area contributed by atoms with Crippen LogP contribution in [0.5, 0.6) is 0 Å². The van der Waals surface area contributed by atoms with E-state index in [0.717, 1.165) is 27.5 Å². The van der Waals surface area contributed by atoms with Gasteiger partial charge in [0.1, 0.15) is 11.3 Å². The summed E-state index contributed by atoms with van der Waals surface area (Å²) in [5, 5.41) is 2.66. The summed E-state index contributed by atoms with van der Waals surface area (Å²) in [6, 6.07) is 21.1. The van der Waals surface area contributed by atoms with Gasteiger partial charge in [0.05, 0.1) is 10.5 Å². The highest BCUT2D eigenvalue weighted by atomic mass is 35.5. The third kappa shape index (κ3) is 3.62. The van der Waals surface area contributed by atoms with E-state index in [9.17, 15) is 4.39 Å². The molecule has 0 bridgehead atoms. The molecule has 6 heteroatoms. The fourth-order valence-corrected chi connectivity index (χ4v) is 4.42. The maximum absolute atomic E-state index is 13.9. The lowest BCUT2D eigenvalue weighted by Gasteiger charge is -2.19. The molecule has 31 heavy (non-hydrogen) atoms. The number of pyridine rings is 1. The minimum atomic E-state index is -0.573. The van der Waals surface area contributed by atoms with Crippen LogP contribution in [0.2, 0.25) is 10.0 Å². The first-order chi connectivity index (χ1) is 15.0. The third-order valence-corrected chi connectivity index (χ3v) is 6.06. The molecule has 2 heterocycles. The zero-order valence-electron chi connectivity index (χ0n) is 16.5. The minimum absolute atomic E-state index is 0.0357. The van der Waals surface area contributed by atoms with Gasteiger partial charge in [-0.05, 0) is 53.6 Å². The van der Waals surface area contributed by atoms with Gasteiger partial charge in [-0.15, -0.1) is 0 Å². The van der Waals surface area contributed by atoms with Crippen molar-refractivity contribution >= 4 is 45.0 Å². The number of fused-ring (bicyclic) bond motifs is 2. The van der Waals surface area contributed by atoms with Crippen molar-refractivity contribution in [3.8, 4) is 11.1 Å². The number of benzene rings is 3. The Labute approximate surface area is 188 Å². The fourth-order valence-electron chi connectivity index (χ4n) is 3.74. The van der Waals surface area contributed by atoms with Gasteiger partial charge in [-0.1, -0.05) is 59.6 Å². The smallest absolute Gasteiger partial charge is 0.150 e. The summed E-state index contributed by atoms with van der Waals surface area (Å²) in [6.45, 7) is 1.78. The van der Waals surface area contributed by atoms with Gasteiger partial charge in [0, 0.05) is 28.5 Å². The Kier molecular flexibility index (Phi) is 5.05. The van der Waals surface area contributed by atoms with Crippen LogP contribution in [-0.4, -0.2) is 9.71 Å². The second kappa shape index (κ2) is 7.88. The summed E-state index contributed by atoms with van der Waals surface area (Å²) < 4.78 is 15.6. The van der Waals surface area contributed by atoms with E-state index in [2.05, 4.69) is 35.3 Å². The van der Waals surface area contributed by atoms with Crippen LogP contribution < -0.4 is 4.84 Å². The van der Waals surface area contributed by atoms with E-state index in [1.165, 1.54) is 17.5 Å². The Balaban J connectivity index is 1.53. The van der Waals surface area contributed by atoms with Crippen LogP contribution in [0.3, 0.4) is 0 Å². The molecule has 0 radical (unpaired) electrons. The van der Waals surface area contributed by atoms with Crippen molar-refractivity contribution in [1.29, 1.82) is 0 Å².